The molecule has 2 aromatic rings. The molecule has 2 rings (SSSR count). The number of rotatable bonds is 2. The molecule has 0 aliphatic rings. The second-order valence-electron chi connectivity index (χ2n) is 2.66. The van der Waals surface area contributed by atoms with Crippen LogP contribution in [0.1, 0.15) is 5.69 Å². The van der Waals surface area contributed by atoms with Crippen LogP contribution in [0.2, 0.25) is 0 Å². The van der Waals surface area contributed by atoms with E-state index in [2.05, 4.69) is 5.10 Å². The summed E-state index contributed by atoms with van der Waals surface area (Å²) in [6.07, 6.45) is 2.41. The van der Waals surface area contributed by atoms with Gasteiger partial charge < -0.3 is 5.11 Å². The van der Waals surface area contributed by atoms with Crippen molar-refractivity contribution in [1.29, 1.82) is 0 Å². The number of pyridine rings is 1. The molecule has 0 saturated heterocycles. The fourth-order valence-corrected chi connectivity index (χ4v) is 1.31. The third kappa shape index (κ3) is 1.08. The lowest BCUT2D eigenvalue weighted by molar-refractivity contribution is 0.297. The molecule has 3 nitrogen and oxygen atoms in total. The average Bonchev–Trinajstić information content (AvgIpc) is 2.53. The SMILES string of the molecule is OCCc1cccc2ccnn12. The lowest BCUT2D eigenvalue weighted by Crippen LogP contribution is -2.00. The summed E-state index contributed by atoms with van der Waals surface area (Å²) in [6.45, 7) is 0.166. The minimum atomic E-state index is 0.166. The molecule has 3 heteroatoms. The topological polar surface area (TPSA) is 37.5 Å². The highest BCUT2D eigenvalue weighted by Gasteiger charge is 1.98. The molecule has 1 N–H and O–H groups in total. The van der Waals surface area contributed by atoms with E-state index >= 15 is 0 Å². The fraction of sp³-hybridized carbons (Fsp3) is 0.222. The second kappa shape index (κ2) is 2.95. The molecule has 62 valence electrons. The number of aliphatic hydroxyl groups excluding tert-OH is 1. The van der Waals surface area contributed by atoms with E-state index in [0.717, 1.165) is 11.2 Å². The predicted octanol–water partition coefficient (Wildman–Crippen LogP) is 0.869. The van der Waals surface area contributed by atoms with E-state index in [1.54, 1.807) is 6.20 Å². The second-order valence-corrected chi connectivity index (χ2v) is 2.66. The molecular formula is C9H10N2O. The molecule has 0 fully saturated rings. The molecule has 0 aromatic carbocycles. The summed E-state index contributed by atoms with van der Waals surface area (Å²) in [6, 6.07) is 7.88. The molecule has 0 bridgehead atoms. The number of hydrogen-bond donors (Lipinski definition) is 1. The Morgan fingerprint density at radius 1 is 1.33 bits per heavy atom. The van der Waals surface area contributed by atoms with Gasteiger partial charge in [0, 0.05) is 24.9 Å². The maximum atomic E-state index is 8.78. The van der Waals surface area contributed by atoms with Gasteiger partial charge in [0.1, 0.15) is 0 Å². The molecule has 0 spiro atoms. The molecule has 2 heterocycles. The largest absolute Gasteiger partial charge is 0.396 e. The smallest absolute Gasteiger partial charge is 0.0664 e. The fourth-order valence-electron chi connectivity index (χ4n) is 1.31. The average molecular weight is 162 g/mol. The summed E-state index contributed by atoms with van der Waals surface area (Å²) in [5.41, 5.74) is 2.11. The monoisotopic (exact) mass is 162 g/mol. The Kier molecular flexibility index (Phi) is 1.80. The maximum absolute atomic E-state index is 8.78. The van der Waals surface area contributed by atoms with E-state index in [9.17, 15) is 0 Å². The van der Waals surface area contributed by atoms with Gasteiger partial charge in [-0.15, -0.1) is 0 Å². The van der Waals surface area contributed by atoms with Crippen LogP contribution in [0.25, 0.3) is 5.52 Å². The van der Waals surface area contributed by atoms with Gasteiger partial charge in [-0.1, -0.05) is 6.07 Å². The highest BCUT2D eigenvalue weighted by molar-refractivity contribution is 5.46. The van der Waals surface area contributed by atoms with Crippen LogP contribution in [0.3, 0.4) is 0 Å². The molecule has 0 atom stereocenters. The molecule has 0 radical (unpaired) electrons. The highest BCUT2D eigenvalue weighted by Crippen LogP contribution is 2.06. The van der Waals surface area contributed by atoms with Crippen molar-refractivity contribution in [2.24, 2.45) is 0 Å². The Bertz CT molecular complexity index is 381. The summed E-state index contributed by atoms with van der Waals surface area (Å²) in [5, 5.41) is 12.9. The number of aliphatic hydroxyl groups is 1. The Morgan fingerprint density at radius 2 is 2.25 bits per heavy atom. The van der Waals surface area contributed by atoms with Gasteiger partial charge in [0.15, 0.2) is 0 Å². The standard InChI is InChI=1S/C9H10N2O/c12-7-5-9-3-1-2-8-4-6-10-11(8)9/h1-4,6,12H,5,7H2. The molecule has 12 heavy (non-hydrogen) atoms. The van der Waals surface area contributed by atoms with E-state index < -0.39 is 0 Å². The first-order valence-electron chi connectivity index (χ1n) is 3.94. The number of nitrogens with zero attached hydrogens (tertiary/aromatic N) is 2. The van der Waals surface area contributed by atoms with Crippen LogP contribution >= 0.6 is 0 Å². The van der Waals surface area contributed by atoms with Crippen LogP contribution in [0, 0.1) is 0 Å². The zero-order valence-electron chi connectivity index (χ0n) is 6.64. The first kappa shape index (κ1) is 7.31. The van der Waals surface area contributed by atoms with Gasteiger partial charge in [0.2, 0.25) is 0 Å². The van der Waals surface area contributed by atoms with Crippen LogP contribution in [0.15, 0.2) is 30.5 Å². The lowest BCUT2D eigenvalue weighted by atomic mass is 10.2. The normalized spacial score (nSPS) is 10.8. The van der Waals surface area contributed by atoms with Crippen molar-refractivity contribution in [3.8, 4) is 0 Å². The first-order valence-corrected chi connectivity index (χ1v) is 3.94. The molecule has 2 aromatic heterocycles. The van der Waals surface area contributed by atoms with Crippen molar-refractivity contribution in [2.75, 3.05) is 6.61 Å². The summed E-state index contributed by atoms with van der Waals surface area (Å²) in [4.78, 5) is 0. The van der Waals surface area contributed by atoms with Crippen LogP contribution in [0.4, 0.5) is 0 Å². The number of fused-ring (bicyclic) bond motifs is 1. The van der Waals surface area contributed by atoms with Crippen molar-refractivity contribution < 1.29 is 5.11 Å². The predicted molar refractivity (Wildman–Crippen MR) is 46.0 cm³/mol. The highest BCUT2D eigenvalue weighted by atomic mass is 16.3. The van der Waals surface area contributed by atoms with Crippen LogP contribution < -0.4 is 0 Å². The molecule has 0 amide bonds. The minimum Gasteiger partial charge on any atom is -0.396 e. The van der Waals surface area contributed by atoms with Gasteiger partial charge in [0.05, 0.1) is 5.52 Å². The third-order valence-corrected chi connectivity index (χ3v) is 1.87. The van der Waals surface area contributed by atoms with Gasteiger partial charge in [0.25, 0.3) is 0 Å². The molecule has 0 aliphatic heterocycles. The first-order chi connectivity index (χ1) is 5.92. The van der Waals surface area contributed by atoms with Crippen molar-refractivity contribution >= 4 is 5.52 Å². The number of aromatic nitrogens is 2. The van der Waals surface area contributed by atoms with Gasteiger partial charge in [-0.2, -0.15) is 5.10 Å². The Labute approximate surface area is 70.3 Å². The molecule has 0 saturated carbocycles. The summed E-state index contributed by atoms with van der Waals surface area (Å²) >= 11 is 0. The van der Waals surface area contributed by atoms with E-state index in [1.165, 1.54) is 0 Å². The quantitative estimate of drug-likeness (QED) is 0.711. The summed E-state index contributed by atoms with van der Waals surface area (Å²) in [5.74, 6) is 0. The van der Waals surface area contributed by atoms with E-state index in [-0.39, 0.29) is 6.61 Å². The van der Waals surface area contributed by atoms with Gasteiger partial charge in [-0.3, -0.25) is 0 Å². The number of hydrogen-bond acceptors (Lipinski definition) is 2. The third-order valence-electron chi connectivity index (χ3n) is 1.87. The summed E-state index contributed by atoms with van der Waals surface area (Å²) in [7, 11) is 0. The van der Waals surface area contributed by atoms with Gasteiger partial charge in [-0.05, 0) is 18.2 Å². The van der Waals surface area contributed by atoms with E-state index in [0.29, 0.717) is 6.42 Å². The zero-order valence-corrected chi connectivity index (χ0v) is 6.64. The molecular weight excluding hydrogens is 152 g/mol. The Morgan fingerprint density at radius 3 is 3.08 bits per heavy atom. The van der Waals surface area contributed by atoms with Crippen LogP contribution in [-0.4, -0.2) is 21.3 Å². The lowest BCUT2D eigenvalue weighted by Gasteiger charge is -2.01. The van der Waals surface area contributed by atoms with Gasteiger partial charge in [-0.25, -0.2) is 4.52 Å². The Hall–Kier alpha value is -1.35. The van der Waals surface area contributed by atoms with E-state index in [1.807, 2.05) is 28.8 Å². The van der Waals surface area contributed by atoms with Gasteiger partial charge >= 0.3 is 0 Å². The van der Waals surface area contributed by atoms with Crippen molar-refractivity contribution in [2.45, 2.75) is 6.42 Å². The Balaban J connectivity index is 2.57. The van der Waals surface area contributed by atoms with E-state index in [4.69, 9.17) is 5.11 Å². The molecule has 0 aliphatic carbocycles. The minimum absolute atomic E-state index is 0.166. The summed E-state index contributed by atoms with van der Waals surface area (Å²) < 4.78 is 1.84. The zero-order chi connectivity index (χ0) is 8.39. The van der Waals surface area contributed by atoms with Crippen molar-refractivity contribution in [1.82, 2.24) is 9.61 Å². The van der Waals surface area contributed by atoms with Crippen molar-refractivity contribution in [3.05, 3.63) is 36.2 Å². The van der Waals surface area contributed by atoms with Crippen LogP contribution in [-0.2, 0) is 6.42 Å². The van der Waals surface area contributed by atoms with Crippen molar-refractivity contribution in [3.63, 3.8) is 0 Å². The molecule has 0 unspecified atom stereocenters. The maximum Gasteiger partial charge on any atom is 0.0664 e. The van der Waals surface area contributed by atoms with Crippen LogP contribution in [0.5, 0.6) is 0 Å².